The van der Waals surface area contributed by atoms with Gasteiger partial charge in [0, 0.05) is 31.9 Å². The molecule has 0 aliphatic carbocycles. The summed E-state index contributed by atoms with van der Waals surface area (Å²) in [5, 5.41) is 0. The molecule has 0 aromatic rings. The van der Waals surface area contributed by atoms with Crippen molar-refractivity contribution in [3.63, 3.8) is 0 Å². The number of likely N-dealkylation sites (tertiary alicyclic amines) is 1. The number of carbonyl (C=O) groups excluding carboxylic acids is 2. The van der Waals surface area contributed by atoms with E-state index in [-0.39, 0.29) is 17.9 Å². The number of hydrogen-bond acceptors (Lipinski definition) is 5. The van der Waals surface area contributed by atoms with Crippen LogP contribution in [0, 0.1) is 5.92 Å². The Morgan fingerprint density at radius 1 is 1.10 bits per heavy atom. The second kappa shape index (κ2) is 9.81. The maximum Gasteiger partial charge on any atom is 0.241 e. The number of hydrogen-bond donors (Lipinski definition) is 0. The van der Waals surface area contributed by atoms with Gasteiger partial charge in [-0.15, -0.1) is 0 Å². The van der Waals surface area contributed by atoms with Crippen molar-refractivity contribution < 1.29 is 18.0 Å². The van der Waals surface area contributed by atoms with Gasteiger partial charge in [0.2, 0.25) is 21.8 Å². The Balaban J connectivity index is 1.53. The molecule has 8 heteroatoms. The number of allylic oxidation sites excluding steroid dienone is 4. The van der Waals surface area contributed by atoms with Gasteiger partial charge in [-0.2, -0.15) is 0 Å². The largest absolute Gasteiger partial charge is 0.354 e. The highest BCUT2D eigenvalue weighted by Crippen LogP contribution is 2.40. The fourth-order valence-corrected chi connectivity index (χ4v) is 6.04. The molecule has 3 aliphatic heterocycles. The van der Waals surface area contributed by atoms with E-state index in [9.17, 15) is 18.0 Å². The summed E-state index contributed by atoms with van der Waals surface area (Å²) in [6.07, 6.45) is 18.3. The van der Waals surface area contributed by atoms with Gasteiger partial charge in [0.05, 0.1) is 24.3 Å². The van der Waals surface area contributed by atoms with Crippen molar-refractivity contribution in [2.24, 2.45) is 5.92 Å². The van der Waals surface area contributed by atoms with Crippen LogP contribution in [0.15, 0.2) is 36.7 Å². The number of carbonyl (C=O) groups is 2. The van der Waals surface area contributed by atoms with Gasteiger partial charge in [0.15, 0.2) is 0 Å². The van der Waals surface area contributed by atoms with Crippen molar-refractivity contribution in [2.75, 3.05) is 19.3 Å². The van der Waals surface area contributed by atoms with Crippen molar-refractivity contribution in [1.82, 2.24) is 14.1 Å². The molecule has 3 atom stereocenters. The molecular formula is C22H33N3O4S. The second-order valence-electron chi connectivity index (χ2n) is 8.34. The normalized spacial score (nSPS) is 25.9. The summed E-state index contributed by atoms with van der Waals surface area (Å²) in [4.78, 5) is 29.6. The number of sulfonamides is 1. The quantitative estimate of drug-likeness (QED) is 0.520. The summed E-state index contributed by atoms with van der Waals surface area (Å²) >= 11 is 0. The van der Waals surface area contributed by atoms with Gasteiger partial charge in [-0.05, 0) is 37.8 Å². The molecule has 0 aromatic heterocycles. The van der Waals surface area contributed by atoms with E-state index in [1.807, 2.05) is 43.6 Å². The summed E-state index contributed by atoms with van der Waals surface area (Å²) in [6, 6.07) is -0.706. The minimum atomic E-state index is -3.62. The van der Waals surface area contributed by atoms with E-state index < -0.39 is 22.0 Å². The molecule has 30 heavy (non-hydrogen) atoms. The number of unbranched alkanes of at least 4 members (excludes halogenated alkanes) is 2. The molecule has 0 spiro atoms. The highest BCUT2D eigenvalue weighted by molar-refractivity contribution is 7.88. The summed E-state index contributed by atoms with van der Waals surface area (Å²) in [7, 11) is -3.62. The Kier molecular flexibility index (Phi) is 7.39. The molecule has 0 saturated carbocycles. The Bertz CT molecular complexity index is 817. The van der Waals surface area contributed by atoms with Gasteiger partial charge in [-0.3, -0.25) is 9.59 Å². The molecule has 3 heterocycles. The Labute approximate surface area is 180 Å². The van der Waals surface area contributed by atoms with E-state index in [0.717, 1.165) is 42.8 Å². The summed E-state index contributed by atoms with van der Waals surface area (Å²) in [6.45, 7) is 3.43. The fraction of sp³-hybridized carbons (Fsp3) is 0.636. The maximum absolute atomic E-state index is 12.9. The van der Waals surface area contributed by atoms with Gasteiger partial charge < -0.3 is 9.80 Å². The Morgan fingerprint density at radius 3 is 2.43 bits per heavy atom. The lowest BCUT2D eigenvalue weighted by Gasteiger charge is -2.27. The number of amides is 2. The van der Waals surface area contributed by atoms with E-state index in [2.05, 4.69) is 4.90 Å². The first-order valence-corrected chi connectivity index (χ1v) is 12.8. The zero-order valence-corrected chi connectivity index (χ0v) is 18.8. The predicted molar refractivity (Wildman–Crippen MR) is 117 cm³/mol. The average Bonchev–Trinajstić information content (AvgIpc) is 3.08. The molecule has 2 fully saturated rings. The van der Waals surface area contributed by atoms with Gasteiger partial charge in [0.1, 0.15) is 0 Å². The number of rotatable bonds is 9. The molecule has 166 valence electrons. The standard InChI is InChI=1S/C22H33N3O4S/c1-3-11-18-21-19(25(22(18)27)30(2,28)29)13-17-24(21)20(26)12-7-6-10-16-23-14-8-4-5-9-15-23/h4-5,8-9,14-15,18-19,21H,3,6-7,10-13,16-17H2,1-2H3/t18-,19+,21?/m1/s1. The van der Waals surface area contributed by atoms with E-state index in [0.29, 0.717) is 25.8 Å². The van der Waals surface area contributed by atoms with E-state index in [4.69, 9.17) is 0 Å². The first-order chi connectivity index (χ1) is 14.3. The average molecular weight is 436 g/mol. The summed E-state index contributed by atoms with van der Waals surface area (Å²) in [5.41, 5.74) is 0. The van der Waals surface area contributed by atoms with E-state index in [1.165, 1.54) is 0 Å². The lowest BCUT2D eigenvalue weighted by Crippen LogP contribution is -2.43. The molecule has 0 N–H and O–H groups in total. The predicted octanol–water partition coefficient (Wildman–Crippen LogP) is 2.63. The molecule has 2 amide bonds. The smallest absolute Gasteiger partial charge is 0.241 e. The lowest BCUT2D eigenvalue weighted by atomic mass is 9.94. The van der Waals surface area contributed by atoms with Crippen molar-refractivity contribution in [1.29, 1.82) is 0 Å². The van der Waals surface area contributed by atoms with Gasteiger partial charge >= 0.3 is 0 Å². The van der Waals surface area contributed by atoms with Gasteiger partial charge in [-0.1, -0.05) is 31.9 Å². The van der Waals surface area contributed by atoms with Crippen LogP contribution < -0.4 is 0 Å². The fourth-order valence-electron chi connectivity index (χ4n) is 4.86. The van der Waals surface area contributed by atoms with Crippen LogP contribution in [-0.4, -0.2) is 65.8 Å². The zero-order valence-electron chi connectivity index (χ0n) is 17.9. The van der Waals surface area contributed by atoms with Crippen molar-refractivity contribution in [2.45, 2.75) is 64.0 Å². The minimum Gasteiger partial charge on any atom is -0.354 e. The summed E-state index contributed by atoms with van der Waals surface area (Å²) in [5.74, 6) is -0.693. The van der Waals surface area contributed by atoms with Crippen molar-refractivity contribution in [3.8, 4) is 0 Å². The maximum atomic E-state index is 12.9. The van der Waals surface area contributed by atoms with Crippen LogP contribution in [-0.2, 0) is 19.6 Å². The van der Waals surface area contributed by atoms with Gasteiger partial charge in [-0.25, -0.2) is 12.7 Å². The molecule has 0 radical (unpaired) electrons. The third-order valence-corrected chi connectivity index (χ3v) is 7.31. The summed E-state index contributed by atoms with van der Waals surface area (Å²) < 4.78 is 25.4. The van der Waals surface area contributed by atoms with Crippen LogP contribution in [0.25, 0.3) is 0 Å². The first kappa shape index (κ1) is 22.6. The third-order valence-electron chi connectivity index (χ3n) is 6.14. The molecule has 0 bridgehead atoms. The molecule has 2 saturated heterocycles. The number of fused-ring (bicyclic) bond motifs is 1. The monoisotopic (exact) mass is 435 g/mol. The molecule has 1 unspecified atom stereocenters. The van der Waals surface area contributed by atoms with E-state index >= 15 is 0 Å². The topological polar surface area (TPSA) is 78.0 Å². The zero-order chi connectivity index (χ0) is 21.7. The molecule has 7 nitrogen and oxygen atoms in total. The second-order valence-corrected chi connectivity index (χ2v) is 10.2. The van der Waals surface area contributed by atoms with Crippen LogP contribution >= 0.6 is 0 Å². The Morgan fingerprint density at radius 2 is 1.80 bits per heavy atom. The SMILES string of the molecule is CCC[C@H]1C(=O)N(S(C)(=O)=O)[C@H]2CCN(C(=O)CCCCCN3C=CC=CC=C3)C12. The first-order valence-electron chi connectivity index (χ1n) is 10.9. The third kappa shape index (κ3) is 4.96. The van der Waals surface area contributed by atoms with Crippen LogP contribution in [0.5, 0.6) is 0 Å². The number of nitrogens with zero attached hydrogens (tertiary/aromatic N) is 3. The molecule has 3 rings (SSSR count). The highest BCUT2D eigenvalue weighted by atomic mass is 32.2. The van der Waals surface area contributed by atoms with Crippen LogP contribution in [0.1, 0.15) is 51.9 Å². The van der Waals surface area contributed by atoms with Crippen LogP contribution in [0.3, 0.4) is 0 Å². The molecule has 0 aromatic carbocycles. The van der Waals surface area contributed by atoms with E-state index in [1.54, 1.807) is 4.90 Å². The minimum absolute atomic E-state index is 0.0468. The van der Waals surface area contributed by atoms with Crippen molar-refractivity contribution in [3.05, 3.63) is 36.7 Å². The lowest BCUT2D eigenvalue weighted by molar-refractivity contribution is -0.134. The van der Waals surface area contributed by atoms with Crippen molar-refractivity contribution >= 4 is 21.8 Å². The highest BCUT2D eigenvalue weighted by Gasteiger charge is 2.56. The molecular weight excluding hydrogens is 402 g/mol. The van der Waals surface area contributed by atoms with Gasteiger partial charge in [0.25, 0.3) is 0 Å². The molecule has 3 aliphatic rings. The van der Waals surface area contributed by atoms with Crippen LogP contribution in [0.4, 0.5) is 0 Å². The van der Waals surface area contributed by atoms with Crippen LogP contribution in [0.2, 0.25) is 0 Å². The Hall–Kier alpha value is -2.09.